The van der Waals surface area contributed by atoms with E-state index >= 15 is 0 Å². The molecule has 8 nitrogen and oxygen atoms in total. The summed E-state index contributed by atoms with van der Waals surface area (Å²) in [5.41, 5.74) is 10.6. The van der Waals surface area contributed by atoms with E-state index in [2.05, 4.69) is 25.8 Å². The number of amides is 1. The lowest BCUT2D eigenvalue weighted by atomic mass is 9.99. The number of carbonyl (C=O) groups is 1. The van der Waals surface area contributed by atoms with Crippen LogP contribution in [0.4, 0.5) is 0 Å². The quantitative estimate of drug-likeness (QED) is 0.209. The fraction of sp³-hybridized carbons (Fsp3) is 0.909. The third kappa shape index (κ3) is 10.8. The highest BCUT2D eigenvalue weighted by Gasteiger charge is 2.45. The van der Waals surface area contributed by atoms with Crippen LogP contribution in [0.25, 0.3) is 0 Å². The van der Waals surface area contributed by atoms with Crippen LogP contribution in [-0.2, 0) is 13.9 Å². The van der Waals surface area contributed by atoms with Crippen LogP contribution >= 0.6 is 7.52 Å². The van der Waals surface area contributed by atoms with Crippen molar-refractivity contribution in [2.75, 3.05) is 39.3 Å². The van der Waals surface area contributed by atoms with Crippen LogP contribution in [0.5, 0.6) is 0 Å². The predicted molar refractivity (Wildman–Crippen MR) is 132 cm³/mol. The Morgan fingerprint density at radius 1 is 0.968 bits per heavy atom. The Labute approximate surface area is 191 Å². The maximum atomic E-state index is 13.8. The van der Waals surface area contributed by atoms with Crippen molar-refractivity contribution in [3.8, 4) is 0 Å². The van der Waals surface area contributed by atoms with E-state index in [0.717, 1.165) is 25.8 Å². The van der Waals surface area contributed by atoms with E-state index in [1.165, 1.54) is 0 Å². The first-order chi connectivity index (χ1) is 13.3. The van der Waals surface area contributed by atoms with Gasteiger partial charge in [-0.05, 0) is 45.4 Å². The Bertz CT molecular complexity index is 599. The van der Waals surface area contributed by atoms with Crippen LogP contribution in [0.2, 0.25) is 0 Å². The van der Waals surface area contributed by atoms with Gasteiger partial charge in [0, 0.05) is 32.6 Å². The van der Waals surface area contributed by atoms with Crippen molar-refractivity contribution >= 4 is 19.4 Å². The van der Waals surface area contributed by atoms with Gasteiger partial charge < -0.3 is 9.42 Å². The highest BCUT2D eigenvalue weighted by molar-refractivity contribution is 7.58. The molecule has 5 N–H and O–H groups in total. The van der Waals surface area contributed by atoms with Crippen molar-refractivity contribution < 1.29 is 18.9 Å². The summed E-state index contributed by atoms with van der Waals surface area (Å²) in [6.07, 6.45) is 3.27. The zero-order chi connectivity index (χ0) is 22.3. The molecule has 1 unspecified atom stereocenters. The molecule has 31 heavy (non-hydrogen) atoms. The van der Waals surface area contributed by atoms with Crippen molar-refractivity contribution in [1.82, 2.24) is 9.57 Å². The molecule has 186 valence electrons. The summed E-state index contributed by atoms with van der Waals surface area (Å²) < 4.78 is 21.8. The van der Waals surface area contributed by atoms with Gasteiger partial charge in [-0.25, -0.2) is 4.67 Å². The minimum absolute atomic E-state index is 0. The molecule has 9 heteroatoms. The third-order valence-electron chi connectivity index (χ3n) is 4.90. The number of carbonyl (C=O) groups excluding carboxylic acids is 1. The van der Waals surface area contributed by atoms with E-state index in [-0.39, 0.29) is 32.1 Å². The van der Waals surface area contributed by atoms with E-state index in [0.29, 0.717) is 39.2 Å². The number of nitrogens with two attached hydrogens (primary N) is 2. The fourth-order valence-electron chi connectivity index (χ4n) is 3.16. The molecule has 1 atom stereocenters. The first-order valence-electron chi connectivity index (χ1n) is 10.7. The smallest absolute Gasteiger partial charge is 0.338 e. The maximum Gasteiger partial charge on any atom is 0.338 e. The number of nitrogens with one attached hydrogen (secondary N) is 1. The monoisotopic (exact) mass is 464 g/mol. The molecule has 0 aliphatic carbocycles. The summed E-state index contributed by atoms with van der Waals surface area (Å²) in [7, 11) is -3.01. The molecule has 0 spiro atoms. The summed E-state index contributed by atoms with van der Waals surface area (Å²) in [4.78, 5) is 17.3. The highest BCUT2D eigenvalue weighted by atomic mass is 31.2. The zero-order valence-corrected chi connectivity index (χ0v) is 20.2. The lowest BCUT2D eigenvalue weighted by Crippen LogP contribution is -2.78. The van der Waals surface area contributed by atoms with Crippen molar-refractivity contribution in [2.45, 2.75) is 87.2 Å². The summed E-state index contributed by atoms with van der Waals surface area (Å²) in [5, 5.41) is -0.469. The lowest BCUT2D eigenvalue weighted by Gasteiger charge is -2.44. The molecular weight excluding hydrogens is 413 g/mol. The van der Waals surface area contributed by atoms with Crippen LogP contribution in [-0.4, -0.2) is 65.9 Å². The molecule has 1 saturated heterocycles. The number of rotatable bonds is 9. The Kier molecular flexibility index (Phi) is 13.9. The normalized spacial score (nSPS) is 17.2. The van der Waals surface area contributed by atoms with Crippen LogP contribution in [0.15, 0.2) is 0 Å². The Morgan fingerprint density at radius 3 is 1.97 bits per heavy atom. The van der Waals surface area contributed by atoms with Crippen LogP contribution in [0.1, 0.15) is 82.1 Å². The van der Waals surface area contributed by atoms with Crippen molar-refractivity contribution in [3.05, 3.63) is 0 Å². The van der Waals surface area contributed by atoms with E-state index < -0.39 is 12.7 Å². The van der Waals surface area contributed by atoms with Gasteiger partial charge in [-0.2, -0.15) is 0 Å². The van der Waals surface area contributed by atoms with Crippen molar-refractivity contribution in [3.63, 3.8) is 0 Å². The molecule has 0 aromatic heterocycles. The van der Waals surface area contributed by atoms with Gasteiger partial charge in [-0.15, -0.1) is 0 Å². The molecule has 1 amide bonds. The average molecular weight is 465 g/mol. The van der Waals surface area contributed by atoms with Crippen LogP contribution in [0.3, 0.4) is 0 Å². The van der Waals surface area contributed by atoms with Gasteiger partial charge in [0.1, 0.15) is 0 Å². The standard InChI is InChI=1S/C20H42N5O3P.2CH4/c1-19(2,3)16-28-29(27,20(4,5)6)25-14-12-24(13-15-25)17(26)10-8-7-9-11-23-18(21)22;;/h7-16H2,1-6H3,(H4,21,22,23);2*1H4/p+1. The molecule has 0 saturated carbocycles. The van der Waals surface area contributed by atoms with Gasteiger partial charge in [0.05, 0.1) is 18.3 Å². The van der Waals surface area contributed by atoms with Gasteiger partial charge in [0.15, 0.2) is 0 Å². The number of nitrogens with zero attached hydrogens (tertiary/aromatic N) is 2. The second-order valence-corrected chi connectivity index (χ2v) is 13.3. The maximum absolute atomic E-state index is 13.8. The number of hydrogen-bond donors (Lipinski definition) is 3. The SMILES string of the molecule is C.C.CC(C)(C)COP(=O)(N1CCN(C(=O)CCCCC[NH+]=C(N)N)CC1)C(C)(C)C. The molecule has 0 radical (unpaired) electrons. The molecule has 0 bridgehead atoms. The first-order valence-corrected chi connectivity index (χ1v) is 12.2. The van der Waals surface area contributed by atoms with E-state index in [1.807, 2.05) is 30.3 Å². The Hall–Kier alpha value is -1.11. The number of unbranched alkanes of at least 4 members (excludes halogenated alkanes) is 2. The van der Waals surface area contributed by atoms with Gasteiger partial charge in [-0.1, -0.05) is 35.6 Å². The molecule has 1 rings (SSSR count). The second-order valence-electron chi connectivity index (χ2n) is 10.1. The number of hydrogen-bond acceptors (Lipinski definition) is 3. The minimum atomic E-state index is -3.01. The number of guanidine groups is 1. The largest absolute Gasteiger partial charge is 0.340 e. The minimum Gasteiger partial charge on any atom is -0.340 e. The van der Waals surface area contributed by atoms with Gasteiger partial charge in [0.25, 0.3) is 7.52 Å². The molecule has 0 aromatic carbocycles. The molecule has 1 fully saturated rings. The lowest BCUT2D eigenvalue weighted by molar-refractivity contribution is -0.459. The summed E-state index contributed by atoms with van der Waals surface area (Å²) >= 11 is 0. The Balaban J connectivity index is 0. The third-order valence-corrected chi connectivity index (χ3v) is 8.22. The van der Waals surface area contributed by atoms with Gasteiger partial charge in [-0.3, -0.25) is 25.8 Å². The fourth-order valence-corrected chi connectivity index (χ4v) is 5.83. The predicted octanol–water partition coefficient (Wildman–Crippen LogP) is 2.37. The molecule has 1 aliphatic rings. The highest BCUT2D eigenvalue weighted by Crippen LogP contribution is 2.62. The Morgan fingerprint density at radius 2 is 1.52 bits per heavy atom. The second kappa shape index (κ2) is 13.4. The van der Waals surface area contributed by atoms with E-state index in [9.17, 15) is 9.36 Å². The summed E-state index contributed by atoms with van der Waals surface area (Å²) in [5.74, 6) is 0.404. The molecule has 0 aromatic rings. The van der Waals surface area contributed by atoms with Crippen molar-refractivity contribution in [1.29, 1.82) is 0 Å². The van der Waals surface area contributed by atoms with Gasteiger partial charge >= 0.3 is 5.96 Å². The molecular formula is C22H51N5O3P+. The topological polar surface area (TPSA) is 116 Å². The number of piperazine rings is 1. The van der Waals surface area contributed by atoms with Crippen molar-refractivity contribution in [2.24, 2.45) is 16.9 Å². The summed E-state index contributed by atoms with van der Waals surface area (Å²) in [6.45, 7) is 15.7. The average Bonchev–Trinajstić information content (AvgIpc) is 2.60. The summed E-state index contributed by atoms with van der Waals surface area (Å²) in [6, 6.07) is 0. The first kappa shape index (κ1) is 32.1. The zero-order valence-electron chi connectivity index (χ0n) is 19.3. The van der Waals surface area contributed by atoms with Crippen LogP contribution in [0, 0.1) is 5.41 Å². The van der Waals surface area contributed by atoms with Gasteiger partial charge in [0.2, 0.25) is 5.91 Å². The van der Waals surface area contributed by atoms with Crippen LogP contribution < -0.4 is 16.5 Å². The molecule has 1 aliphatic heterocycles. The van der Waals surface area contributed by atoms with E-state index in [1.54, 1.807) is 0 Å². The van der Waals surface area contributed by atoms with E-state index in [4.69, 9.17) is 16.0 Å². The molecule has 1 heterocycles.